The Hall–Kier alpha value is -4.15. The number of aryl methyl sites for hydroxylation is 1. The van der Waals surface area contributed by atoms with E-state index in [0.717, 1.165) is 17.7 Å². The van der Waals surface area contributed by atoms with E-state index in [9.17, 15) is 0 Å². The van der Waals surface area contributed by atoms with Crippen molar-refractivity contribution in [1.29, 1.82) is 0 Å². The first-order valence-electron chi connectivity index (χ1n) is 12.7. The zero-order valence-corrected chi connectivity index (χ0v) is 21.6. The molecule has 4 heterocycles. The number of hydrogen-bond acceptors (Lipinski definition) is 8. The fourth-order valence-electron chi connectivity index (χ4n) is 4.36. The van der Waals surface area contributed by atoms with Crippen molar-refractivity contribution < 1.29 is 13.9 Å². The zero-order chi connectivity index (χ0) is 26.5. The van der Waals surface area contributed by atoms with Crippen molar-refractivity contribution >= 4 is 33.3 Å². The molecule has 0 amide bonds. The molecule has 10 heteroatoms. The molecule has 2 aromatic carbocycles. The molecule has 1 unspecified atom stereocenters. The number of nitrogens with zero attached hydrogens (tertiary/aromatic N) is 5. The molecular formula is C28H30FN7O2. The summed E-state index contributed by atoms with van der Waals surface area (Å²) in [5, 5.41) is 11.9. The van der Waals surface area contributed by atoms with E-state index in [2.05, 4.69) is 30.7 Å². The lowest BCUT2D eigenvalue weighted by Crippen LogP contribution is -2.44. The number of fused-ring (bicyclic) bond motifs is 2. The molecule has 5 aromatic rings. The molecule has 1 fully saturated rings. The highest BCUT2D eigenvalue weighted by atomic mass is 19.1. The average Bonchev–Trinajstić information content (AvgIpc) is 3.41. The second kappa shape index (κ2) is 11.5. The first kappa shape index (κ1) is 25.5. The van der Waals surface area contributed by atoms with E-state index < -0.39 is 5.82 Å². The van der Waals surface area contributed by atoms with Crippen LogP contribution in [0.3, 0.4) is 0 Å². The molecule has 0 spiro atoms. The van der Waals surface area contributed by atoms with Crippen molar-refractivity contribution in [2.75, 3.05) is 31.7 Å². The van der Waals surface area contributed by atoms with Gasteiger partial charge in [0.25, 0.3) is 0 Å². The summed E-state index contributed by atoms with van der Waals surface area (Å²) in [6, 6.07) is 10.8. The Bertz CT molecular complexity index is 1550. The van der Waals surface area contributed by atoms with Gasteiger partial charge in [-0.3, -0.25) is 9.67 Å². The fraction of sp³-hybridized carbons (Fsp3) is 0.286. The molecule has 0 bridgehead atoms. The van der Waals surface area contributed by atoms with Crippen molar-refractivity contribution in [3.05, 3.63) is 67.1 Å². The van der Waals surface area contributed by atoms with Crippen LogP contribution in [0.1, 0.15) is 13.8 Å². The summed E-state index contributed by atoms with van der Waals surface area (Å²) in [7, 11) is 1.87. The lowest BCUT2D eigenvalue weighted by Gasteiger charge is -2.24. The molecule has 1 saturated heterocycles. The van der Waals surface area contributed by atoms with Crippen LogP contribution in [0.5, 0.6) is 5.75 Å². The Morgan fingerprint density at radius 1 is 1.13 bits per heavy atom. The number of benzene rings is 2. The van der Waals surface area contributed by atoms with Crippen LogP contribution in [0.25, 0.3) is 32.9 Å². The zero-order valence-electron chi connectivity index (χ0n) is 21.6. The summed E-state index contributed by atoms with van der Waals surface area (Å²) in [6.07, 6.45) is 6.82. The predicted octanol–water partition coefficient (Wildman–Crippen LogP) is 4.85. The summed E-state index contributed by atoms with van der Waals surface area (Å²) in [5.74, 6) is 0.637. The number of aromatic nitrogens is 5. The number of pyridine rings is 1. The van der Waals surface area contributed by atoms with Crippen LogP contribution in [0.4, 0.5) is 15.9 Å². The van der Waals surface area contributed by atoms with Crippen LogP contribution in [0, 0.1) is 5.82 Å². The number of halogens is 1. The number of hydrogen-bond donors (Lipinski definition) is 2. The summed E-state index contributed by atoms with van der Waals surface area (Å²) in [4.78, 5) is 13.2. The number of rotatable bonds is 6. The molecule has 1 aliphatic rings. The van der Waals surface area contributed by atoms with Gasteiger partial charge in [-0.1, -0.05) is 13.8 Å². The standard InChI is InChI=1S/C26H24FN7O2.C2H6/c1-34-12-17(11-32-34)16-9-22-24(23(10-16)36-14-18-13-35-8-7-28-18)26(31-15-30-22)33-21-5-4-20-19(25(21)27)3-2-6-29-20;1-2/h2-6,9-12,15,18,28H,7-8,13-14H2,1H3,(H,30,31,33);1-2H3. The van der Waals surface area contributed by atoms with E-state index in [1.165, 1.54) is 6.33 Å². The lowest BCUT2D eigenvalue weighted by molar-refractivity contribution is 0.0595. The molecule has 1 atom stereocenters. The number of nitrogens with one attached hydrogen (secondary N) is 2. The van der Waals surface area contributed by atoms with Crippen LogP contribution in [-0.4, -0.2) is 57.1 Å². The largest absolute Gasteiger partial charge is 0.491 e. The summed E-state index contributed by atoms with van der Waals surface area (Å²) < 4.78 is 28.9. The first-order valence-corrected chi connectivity index (χ1v) is 12.7. The molecule has 0 radical (unpaired) electrons. The quantitative estimate of drug-likeness (QED) is 0.331. The van der Waals surface area contributed by atoms with E-state index >= 15 is 4.39 Å². The lowest BCUT2D eigenvalue weighted by atomic mass is 10.1. The van der Waals surface area contributed by atoms with Gasteiger partial charge in [-0.25, -0.2) is 14.4 Å². The Morgan fingerprint density at radius 2 is 2.03 bits per heavy atom. The molecule has 2 N–H and O–H groups in total. The summed E-state index contributed by atoms with van der Waals surface area (Å²) >= 11 is 0. The summed E-state index contributed by atoms with van der Waals surface area (Å²) in [5.41, 5.74) is 3.38. The highest BCUT2D eigenvalue weighted by Crippen LogP contribution is 2.37. The third-order valence-corrected chi connectivity index (χ3v) is 6.15. The summed E-state index contributed by atoms with van der Waals surface area (Å²) in [6.45, 7) is 6.43. The minimum Gasteiger partial charge on any atom is -0.491 e. The Kier molecular flexibility index (Phi) is 7.71. The van der Waals surface area contributed by atoms with Crippen LogP contribution in [-0.2, 0) is 11.8 Å². The maximum atomic E-state index is 15.3. The third-order valence-electron chi connectivity index (χ3n) is 6.15. The van der Waals surface area contributed by atoms with E-state index in [1.807, 2.05) is 39.2 Å². The second-order valence-electron chi connectivity index (χ2n) is 8.65. The van der Waals surface area contributed by atoms with Crippen LogP contribution in [0.15, 0.2) is 61.3 Å². The highest BCUT2D eigenvalue weighted by Gasteiger charge is 2.19. The van der Waals surface area contributed by atoms with Crippen molar-refractivity contribution in [3.63, 3.8) is 0 Å². The maximum absolute atomic E-state index is 15.3. The first-order chi connectivity index (χ1) is 18.7. The minimum atomic E-state index is -0.398. The number of ether oxygens (including phenoxy) is 2. The molecule has 6 rings (SSSR count). The minimum absolute atomic E-state index is 0.0577. The Morgan fingerprint density at radius 3 is 2.82 bits per heavy atom. The van der Waals surface area contributed by atoms with Gasteiger partial charge in [0.1, 0.15) is 24.5 Å². The van der Waals surface area contributed by atoms with Gasteiger partial charge in [-0.2, -0.15) is 5.10 Å². The van der Waals surface area contributed by atoms with E-state index in [1.54, 1.807) is 41.3 Å². The van der Waals surface area contributed by atoms with Crippen LogP contribution in [0.2, 0.25) is 0 Å². The van der Waals surface area contributed by atoms with Crippen molar-refractivity contribution in [1.82, 2.24) is 30.0 Å². The van der Waals surface area contributed by atoms with Crippen molar-refractivity contribution in [2.45, 2.75) is 19.9 Å². The van der Waals surface area contributed by atoms with Gasteiger partial charge in [-0.05, 0) is 42.0 Å². The van der Waals surface area contributed by atoms with Crippen molar-refractivity contribution in [2.24, 2.45) is 7.05 Å². The molecule has 9 nitrogen and oxygen atoms in total. The monoisotopic (exact) mass is 515 g/mol. The van der Waals surface area contributed by atoms with Crippen LogP contribution >= 0.6 is 0 Å². The topological polar surface area (TPSA) is 99.0 Å². The molecule has 0 aliphatic carbocycles. The average molecular weight is 516 g/mol. The predicted molar refractivity (Wildman–Crippen MR) is 146 cm³/mol. The van der Waals surface area contributed by atoms with E-state index in [4.69, 9.17) is 9.47 Å². The van der Waals surface area contributed by atoms with Gasteiger partial charge in [-0.15, -0.1) is 0 Å². The fourth-order valence-corrected chi connectivity index (χ4v) is 4.36. The van der Waals surface area contributed by atoms with Gasteiger partial charge in [0, 0.05) is 36.9 Å². The van der Waals surface area contributed by atoms with Gasteiger partial charge in [0.15, 0.2) is 5.82 Å². The molecule has 0 saturated carbocycles. The SMILES string of the molecule is CC.Cn1cc(-c2cc(OCC3COCCN3)c3c(Nc4ccc5ncccc5c4F)ncnc3c2)cn1. The van der Waals surface area contributed by atoms with Gasteiger partial charge >= 0.3 is 0 Å². The molecule has 1 aliphatic heterocycles. The van der Waals surface area contributed by atoms with Crippen LogP contribution < -0.4 is 15.4 Å². The normalized spacial score (nSPS) is 15.2. The molecule has 38 heavy (non-hydrogen) atoms. The smallest absolute Gasteiger partial charge is 0.156 e. The molecule has 3 aromatic heterocycles. The van der Waals surface area contributed by atoms with E-state index in [0.29, 0.717) is 58.9 Å². The molecule has 196 valence electrons. The highest BCUT2D eigenvalue weighted by molar-refractivity contribution is 5.99. The van der Waals surface area contributed by atoms with Gasteiger partial charge < -0.3 is 20.1 Å². The maximum Gasteiger partial charge on any atom is 0.156 e. The third kappa shape index (κ3) is 5.27. The number of morpholine rings is 1. The van der Waals surface area contributed by atoms with Crippen molar-refractivity contribution in [3.8, 4) is 16.9 Å². The Labute approximate surface area is 220 Å². The Balaban J connectivity index is 0.00000144. The number of anilines is 2. The second-order valence-corrected chi connectivity index (χ2v) is 8.65. The van der Waals surface area contributed by atoms with Gasteiger partial charge in [0.05, 0.1) is 47.6 Å². The van der Waals surface area contributed by atoms with Gasteiger partial charge in [0.2, 0.25) is 0 Å². The van der Waals surface area contributed by atoms with E-state index in [-0.39, 0.29) is 6.04 Å². The molecular weight excluding hydrogens is 485 g/mol.